The van der Waals surface area contributed by atoms with Crippen molar-refractivity contribution < 1.29 is 17.7 Å². The normalized spacial score (nSPS) is 22.8. The van der Waals surface area contributed by atoms with Gasteiger partial charge in [-0.2, -0.15) is 4.31 Å². The van der Waals surface area contributed by atoms with Gasteiger partial charge in [-0.05, 0) is 52.6 Å². The van der Waals surface area contributed by atoms with Crippen LogP contribution in [-0.2, 0) is 14.8 Å². The minimum Gasteiger partial charge on any atom is -0.368 e. The number of hydrogen-bond donors (Lipinski definition) is 1. The second-order valence-electron chi connectivity index (χ2n) is 7.00. The third kappa shape index (κ3) is 3.09. The molecule has 1 aromatic rings. The third-order valence-corrected chi connectivity index (χ3v) is 7.68. The molecule has 0 aromatic carbocycles. The number of hydrogen-bond acceptors (Lipinski definition) is 6. The minimum absolute atomic E-state index is 0.136. The predicted molar refractivity (Wildman–Crippen MR) is 91.3 cm³/mol. The fraction of sp³-hybridized carbons (Fsp3) is 0.750. The SMILES string of the molecule is Cc1noc(C)c1S(=O)(=O)N1CCC(C(N)=O)(N2CCCCC2)CC1. The maximum absolute atomic E-state index is 12.9. The third-order valence-electron chi connectivity index (χ3n) is 5.54. The van der Waals surface area contributed by atoms with Gasteiger partial charge in [0.25, 0.3) is 0 Å². The highest BCUT2D eigenvalue weighted by Gasteiger charge is 2.47. The predicted octanol–water partition coefficient (Wildman–Crippen LogP) is 0.786. The molecule has 0 aliphatic carbocycles. The molecular weight excluding hydrogens is 344 g/mol. The lowest BCUT2D eigenvalue weighted by atomic mass is 9.84. The summed E-state index contributed by atoms with van der Waals surface area (Å²) in [6.45, 7) is 5.45. The molecule has 9 heteroatoms. The monoisotopic (exact) mass is 370 g/mol. The summed E-state index contributed by atoms with van der Waals surface area (Å²) in [7, 11) is -3.68. The van der Waals surface area contributed by atoms with Crippen molar-refractivity contribution in [1.82, 2.24) is 14.4 Å². The molecule has 0 bridgehead atoms. The van der Waals surface area contributed by atoms with E-state index in [1.807, 2.05) is 0 Å². The number of sulfonamides is 1. The smallest absolute Gasteiger partial charge is 0.248 e. The van der Waals surface area contributed by atoms with Crippen LogP contribution in [0.5, 0.6) is 0 Å². The van der Waals surface area contributed by atoms with Crippen molar-refractivity contribution in [3.05, 3.63) is 11.5 Å². The molecule has 8 nitrogen and oxygen atoms in total. The van der Waals surface area contributed by atoms with Crippen molar-refractivity contribution in [3.8, 4) is 0 Å². The quantitative estimate of drug-likeness (QED) is 0.839. The van der Waals surface area contributed by atoms with E-state index in [2.05, 4.69) is 10.1 Å². The Labute approximate surface area is 148 Å². The Hall–Kier alpha value is -1.45. The topological polar surface area (TPSA) is 110 Å². The largest absolute Gasteiger partial charge is 0.368 e. The summed E-state index contributed by atoms with van der Waals surface area (Å²) >= 11 is 0. The van der Waals surface area contributed by atoms with Gasteiger partial charge in [0.2, 0.25) is 15.9 Å². The average Bonchev–Trinajstić information content (AvgIpc) is 2.94. The summed E-state index contributed by atoms with van der Waals surface area (Å²) in [6, 6.07) is 0. The highest BCUT2D eigenvalue weighted by atomic mass is 32.2. The zero-order valence-corrected chi connectivity index (χ0v) is 15.6. The van der Waals surface area contributed by atoms with E-state index in [0.717, 1.165) is 32.4 Å². The molecule has 2 saturated heterocycles. The number of rotatable bonds is 4. The summed E-state index contributed by atoms with van der Waals surface area (Å²) in [6.07, 6.45) is 4.11. The van der Waals surface area contributed by atoms with Crippen LogP contribution < -0.4 is 5.73 Å². The van der Waals surface area contributed by atoms with Crippen LogP contribution in [0.1, 0.15) is 43.6 Å². The van der Waals surface area contributed by atoms with Gasteiger partial charge < -0.3 is 10.3 Å². The molecule has 0 saturated carbocycles. The first-order chi connectivity index (χ1) is 11.8. The summed E-state index contributed by atoms with van der Waals surface area (Å²) < 4.78 is 32.3. The molecular formula is C16H26N4O4S. The van der Waals surface area contributed by atoms with Crippen molar-refractivity contribution >= 4 is 15.9 Å². The summed E-state index contributed by atoms with van der Waals surface area (Å²) in [5.41, 5.74) is 5.39. The Balaban J connectivity index is 1.81. The number of carbonyl (C=O) groups excluding carboxylic acids is 1. The molecule has 0 unspecified atom stereocenters. The van der Waals surface area contributed by atoms with Gasteiger partial charge in [0, 0.05) is 13.1 Å². The Morgan fingerprint density at radius 3 is 2.20 bits per heavy atom. The van der Waals surface area contributed by atoms with Crippen LogP contribution in [0.2, 0.25) is 0 Å². The number of carbonyl (C=O) groups is 1. The van der Waals surface area contributed by atoms with E-state index in [0.29, 0.717) is 24.3 Å². The molecule has 2 N–H and O–H groups in total. The Bertz CT molecular complexity index is 725. The first-order valence-corrected chi connectivity index (χ1v) is 10.2. The minimum atomic E-state index is -3.68. The van der Waals surface area contributed by atoms with Gasteiger partial charge in [-0.1, -0.05) is 11.6 Å². The van der Waals surface area contributed by atoms with E-state index in [1.165, 1.54) is 4.31 Å². The lowest BCUT2D eigenvalue weighted by Gasteiger charge is -2.47. The summed E-state index contributed by atoms with van der Waals surface area (Å²) in [4.78, 5) is 14.6. The van der Waals surface area contributed by atoms with Crippen LogP contribution in [0.3, 0.4) is 0 Å². The molecule has 1 amide bonds. The van der Waals surface area contributed by atoms with Crippen LogP contribution in [0.4, 0.5) is 0 Å². The molecule has 2 aliphatic heterocycles. The zero-order chi connectivity index (χ0) is 18.2. The molecule has 0 spiro atoms. The fourth-order valence-electron chi connectivity index (χ4n) is 4.11. The van der Waals surface area contributed by atoms with E-state index in [-0.39, 0.29) is 23.9 Å². The number of aryl methyl sites for hydroxylation is 2. The van der Waals surface area contributed by atoms with Crippen molar-refractivity contribution in [2.75, 3.05) is 26.2 Å². The number of primary amides is 1. The van der Waals surface area contributed by atoms with Gasteiger partial charge in [0.1, 0.15) is 16.1 Å². The van der Waals surface area contributed by atoms with Crippen LogP contribution in [0.25, 0.3) is 0 Å². The molecule has 140 valence electrons. The summed E-state index contributed by atoms with van der Waals surface area (Å²) in [5, 5.41) is 3.74. The van der Waals surface area contributed by atoms with E-state index in [1.54, 1.807) is 13.8 Å². The van der Waals surface area contributed by atoms with Crippen molar-refractivity contribution in [3.63, 3.8) is 0 Å². The molecule has 1 aromatic heterocycles. The zero-order valence-electron chi connectivity index (χ0n) is 14.8. The van der Waals surface area contributed by atoms with Crippen LogP contribution in [0.15, 0.2) is 9.42 Å². The lowest BCUT2D eigenvalue weighted by Crippen LogP contribution is -2.63. The van der Waals surface area contributed by atoms with E-state index in [4.69, 9.17) is 10.3 Å². The highest BCUT2D eigenvalue weighted by molar-refractivity contribution is 7.89. The highest BCUT2D eigenvalue weighted by Crippen LogP contribution is 2.34. The molecule has 0 radical (unpaired) electrons. The lowest BCUT2D eigenvalue weighted by molar-refractivity contribution is -0.134. The van der Waals surface area contributed by atoms with E-state index >= 15 is 0 Å². The average molecular weight is 370 g/mol. The van der Waals surface area contributed by atoms with E-state index < -0.39 is 15.6 Å². The van der Waals surface area contributed by atoms with Crippen LogP contribution >= 0.6 is 0 Å². The van der Waals surface area contributed by atoms with Crippen molar-refractivity contribution in [1.29, 1.82) is 0 Å². The molecule has 2 fully saturated rings. The van der Waals surface area contributed by atoms with Gasteiger partial charge in [0.05, 0.1) is 0 Å². The van der Waals surface area contributed by atoms with E-state index in [9.17, 15) is 13.2 Å². The van der Waals surface area contributed by atoms with Gasteiger partial charge in [0.15, 0.2) is 5.76 Å². The number of amides is 1. The molecule has 3 heterocycles. The van der Waals surface area contributed by atoms with Gasteiger partial charge in [-0.25, -0.2) is 8.42 Å². The Kier molecular flexibility index (Phi) is 4.91. The van der Waals surface area contributed by atoms with Crippen molar-refractivity contribution in [2.24, 2.45) is 5.73 Å². The molecule has 0 atom stereocenters. The number of aromatic nitrogens is 1. The maximum atomic E-state index is 12.9. The number of nitrogens with two attached hydrogens (primary N) is 1. The van der Waals surface area contributed by atoms with Gasteiger partial charge in [-0.15, -0.1) is 0 Å². The molecule has 25 heavy (non-hydrogen) atoms. The van der Waals surface area contributed by atoms with Gasteiger partial charge in [-0.3, -0.25) is 9.69 Å². The van der Waals surface area contributed by atoms with Crippen LogP contribution in [0, 0.1) is 13.8 Å². The second-order valence-corrected chi connectivity index (χ2v) is 8.88. The fourth-order valence-corrected chi connectivity index (χ4v) is 5.84. The number of nitrogens with zero attached hydrogens (tertiary/aromatic N) is 3. The first-order valence-electron chi connectivity index (χ1n) is 8.77. The number of piperidine rings is 2. The van der Waals surface area contributed by atoms with Crippen LogP contribution in [-0.4, -0.2) is 60.4 Å². The molecule has 2 aliphatic rings. The molecule has 3 rings (SSSR count). The summed E-state index contributed by atoms with van der Waals surface area (Å²) in [5.74, 6) is -0.0518. The van der Waals surface area contributed by atoms with Crippen molar-refractivity contribution in [2.45, 2.75) is 56.4 Å². The first kappa shape index (κ1) is 18.3. The Morgan fingerprint density at radius 2 is 1.72 bits per heavy atom. The Morgan fingerprint density at radius 1 is 1.12 bits per heavy atom. The number of likely N-dealkylation sites (tertiary alicyclic amines) is 1. The maximum Gasteiger partial charge on any atom is 0.248 e. The van der Waals surface area contributed by atoms with Gasteiger partial charge >= 0.3 is 0 Å². The standard InChI is InChI=1S/C16H26N4O4S/c1-12-14(13(2)24-18-12)25(22,23)20-10-6-16(7-11-20,15(17)21)19-8-4-3-5-9-19/h3-11H2,1-2H3,(H2,17,21). The second kappa shape index (κ2) is 6.69.